The lowest BCUT2D eigenvalue weighted by Crippen LogP contribution is -2.18. The number of anilines is 4. The Hall–Kier alpha value is -3.41. The molecular weight excluding hydrogens is 352 g/mol. The molecule has 0 radical (unpaired) electrons. The molecule has 1 heterocycles. The number of carbonyl (C=O) groups is 1. The SMILES string of the molecule is COc1ccccc1Nc1nc2c(c(Nc3cccc(C)c3)n1)C(=O)CCC2. The number of para-hydroxylation sites is 2. The molecule has 1 aliphatic rings. The van der Waals surface area contributed by atoms with Crippen LogP contribution in [0.15, 0.2) is 48.5 Å². The highest BCUT2D eigenvalue weighted by Crippen LogP contribution is 2.31. The zero-order valence-corrected chi connectivity index (χ0v) is 16.0. The molecule has 28 heavy (non-hydrogen) atoms. The quantitative estimate of drug-likeness (QED) is 0.668. The second-order valence-corrected chi connectivity index (χ2v) is 6.81. The molecule has 0 bridgehead atoms. The Balaban J connectivity index is 1.75. The Bertz CT molecular complexity index is 1030. The van der Waals surface area contributed by atoms with Gasteiger partial charge in [-0.25, -0.2) is 4.98 Å². The van der Waals surface area contributed by atoms with Gasteiger partial charge in [0.2, 0.25) is 5.95 Å². The zero-order valence-electron chi connectivity index (χ0n) is 16.0. The van der Waals surface area contributed by atoms with Crippen molar-refractivity contribution in [1.82, 2.24) is 9.97 Å². The molecule has 1 aliphatic carbocycles. The third-order valence-corrected chi connectivity index (χ3v) is 4.71. The van der Waals surface area contributed by atoms with E-state index in [-0.39, 0.29) is 5.78 Å². The average Bonchev–Trinajstić information content (AvgIpc) is 2.68. The highest BCUT2D eigenvalue weighted by atomic mass is 16.5. The molecule has 2 N–H and O–H groups in total. The maximum Gasteiger partial charge on any atom is 0.229 e. The number of fused-ring (bicyclic) bond motifs is 1. The van der Waals surface area contributed by atoms with E-state index in [9.17, 15) is 4.79 Å². The van der Waals surface area contributed by atoms with Crippen molar-refractivity contribution in [3.63, 3.8) is 0 Å². The lowest BCUT2D eigenvalue weighted by Gasteiger charge is -2.20. The Kier molecular flexibility index (Phi) is 4.93. The van der Waals surface area contributed by atoms with Crippen LogP contribution in [0, 0.1) is 6.92 Å². The van der Waals surface area contributed by atoms with E-state index in [1.54, 1.807) is 7.11 Å². The summed E-state index contributed by atoms with van der Waals surface area (Å²) in [5.41, 5.74) is 4.17. The number of hydrogen-bond acceptors (Lipinski definition) is 6. The van der Waals surface area contributed by atoms with Crippen LogP contribution < -0.4 is 15.4 Å². The van der Waals surface area contributed by atoms with Crippen LogP contribution in [0.25, 0.3) is 0 Å². The van der Waals surface area contributed by atoms with Crippen molar-refractivity contribution < 1.29 is 9.53 Å². The summed E-state index contributed by atoms with van der Waals surface area (Å²) in [5.74, 6) is 1.76. The van der Waals surface area contributed by atoms with Gasteiger partial charge in [0.25, 0.3) is 0 Å². The van der Waals surface area contributed by atoms with Gasteiger partial charge in [0.1, 0.15) is 11.6 Å². The van der Waals surface area contributed by atoms with E-state index in [0.29, 0.717) is 29.5 Å². The number of ether oxygens (including phenoxy) is 1. The largest absolute Gasteiger partial charge is 0.495 e. The lowest BCUT2D eigenvalue weighted by atomic mass is 9.95. The summed E-state index contributed by atoms with van der Waals surface area (Å²) in [6.07, 6.45) is 2.09. The molecule has 6 nitrogen and oxygen atoms in total. The van der Waals surface area contributed by atoms with Crippen LogP contribution in [-0.2, 0) is 6.42 Å². The number of carbonyl (C=O) groups excluding carboxylic acids is 1. The van der Waals surface area contributed by atoms with Crippen LogP contribution in [0.5, 0.6) is 5.75 Å². The molecule has 4 rings (SSSR count). The topological polar surface area (TPSA) is 76.1 Å². The van der Waals surface area contributed by atoms with Crippen molar-refractivity contribution in [1.29, 1.82) is 0 Å². The first-order chi connectivity index (χ1) is 13.6. The summed E-state index contributed by atoms with van der Waals surface area (Å²) in [6, 6.07) is 15.6. The summed E-state index contributed by atoms with van der Waals surface area (Å²) in [7, 11) is 1.62. The maximum absolute atomic E-state index is 12.6. The highest BCUT2D eigenvalue weighted by Gasteiger charge is 2.25. The van der Waals surface area contributed by atoms with Gasteiger partial charge in [0.05, 0.1) is 24.1 Å². The third-order valence-electron chi connectivity index (χ3n) is 4.71. The Morgan fingerprint density at radius 1 is 1.00 bits per heavy atom. The fourth-order valence-electron chi connectivity index (χ4n) is 3.40. The predicted molar refractivity (Wildman–Crippen MR) is 110 cm³/mol. The van der Waals surface area contributed by atoms with Gasteiger partial charge in [-0.1, -0.05) is 24.3 Å². The molecule has 0 saturated heterocycles. The van der Waals surface area contributed by atoms with Gasteiger partial charge in [-0.15, -0.1) is 0 Å². The molecule has 0 amide bonds. The normalized spacial score (nSPS) is 13.0. The molecule has 142 valence electrons. The Morgan fingerprint density at radius 2 is 1.86 bits per heavy atom. The van der Waals surface area contributed by atoms with Crippen LogP contribution in [0.3, 0.4) is 0 Å². The van der Waals surface area contributed by atoms with Crippen LogP contribution in [0.4, 0.5) is 23.1 Å². The minimum atomic E-state index is 0.0836. The number of ketones is 1. The van der Waals surface area contributed by atoms with Crippen LogP contribution in [0.1, 0.15) is 34.5 Å². The predicted octanol–water partition coefficient (Wildman–Crippen LogP) is 4.80. The summed E-state index contributed by atoms with van der Waals surface area (Å²) in [6.45, 7) is 2.03. The molecule has 2 aromatic carbocycles. The lowest BCUT2D eigenvalue weighted by molar-refractivity contribution is 0.0972. The number of nitrogens with one attached hydrogen (secondary N) is 2. The van der Waals surface area contributed by atoms with Crippen LogP contribution in [-0.4, -0.2) is 22.9 Å². The molecule has 0 aliphatic heterocycles. The van der Waals surface area contributed by atoms with E-state index in [2.05, 4.69) is 20.6 Å². The van der Waals surface area contributed by atoms with Crippen molar-refractivity contribution in [2.75, 3.05) is 17.7 Å². The fourth-order valence-corrected chi connectivity index (χ4v) is 3.40. The van der Waals surface area contributed by atoms with Crippen LogP contribution in [0.2, 0.25) is 0 Å². The smallest absolute Gasteiger partial charge is 0.229 e. The summed E-state index contributed by atoms with van der Waals surface area (Å²) < 4.78 is 5.40. The molecule has 6 heteroatoms. The average molecular weight is 374 g/mol. The number of aryl methyl sites for hydroxylation is 2. The number of Topliss-reactive ketones (excluding diaryl/α,β-unsaturated/α-hetero) is 1. The van der Waals surface area contributed by atoms with E-state index in [4.69, 9.17) is 4.74 Å². The summed E-state index contributed by atoms with van der Waals surface area (Å²) >= 11 is 0. The minimum Gasteiger partial charge on any atom is -0.495 e. The maximum atomic E-state index is 12.6. The molecule has 0 spiro atoms. The van der Waals surface area contributed by atoms with Gasteiger partial charge in [0.15, 0.2) is 5.78 Å². The van der Waals surface area contributed by atoms with E-state index in [0.717, 1.165) is 35.5 Å². The Morgan fingerprint density at radius 3 is 2.68 bits per heavy atom. The van der Waals surface area contributed by atoms with Crippen molar-refractivity contribution >= 4 is 28.9 Å². The van der Waals surface area contributed by atoms with Gasteiger partial charge in [0, 0.05) is 12.1 Å². The van der Waals surface area contributed by atoms with Gasteiger partial charge in [-0.05, 0) is 49.6 Å². The molecule has 0 fully saturated rings. The van der Waals surface area contributed by atoms with Crippen LogP contribution >= 0.6 is 0 Å². The number of hydrogen-bond donors (Lipinski definition) is 2. The van der Waals surface area contributed by atoms with Gasteiger partial charge in [-0.3, -0.25) is 4.79 Å². The molecule has 1 aromatic heterocycles. The molecule has 3 aromatic rings. The number of nitrogens with zero attached hydrogens (tertiary/aromatic N) is 2. The first-order valence-corrected chi connectivity index (χ1v) is 9.32. The first kappa shape index (κ1) is 18.0. The summed E-state index contributed by atoms with van der Waals surface area (Å²) in [5, 5.41) is 6.54. The first-order valence-electron chi connectivity index (χ1n) is 9.32. The number of aromatic nitrogens is 2. The fraction of sp³-hybridized carbons (Fsp3) is 0.227. The van der Waals surface area contributed by atoms with Crippen molar-refractivity contribution in [2.24, 2.45) is 0 Å². The minimum absolute atomic E-state index is 0.0836. The second-order valence-electron chi connectivity index (χ2n) is 6.81. The molecule has 0 saturated carbocycles. The van der Waals surface area contributed by atoms with Crippen molar-refractivity contribution in [3.8, 4) is 5.75 Å². The van der Waals surface area contributed by atoms with Crippen molar-refractivity contribution in [3.05, 3.63) is 65.4 Å². The standard InChI is InChI=1S/C22H22N4O2/c1-14-7-5-8-15(13-14)23-21-20-17(10-6-11-18(20)27)25-22(26-21)24-16-9-3-4-12-19(16)28-2/h3-5,7-9,12-13H,6,10-11H2,1-2H3,(H2,23,24,25,26). The Labute approximate surface area is 164 Å². The number of benzene rings is 2. The van der Waals surface area contributed by atoms with Gasteiger partial charge >= 0.3 is 0 Å². The summed E-state index contributed by atoms with van der Waals surface area (Å²) in [4.78, 5) is 21.8. The van der Waals surface area contributed by atoms with E-state index >= 15 is 0 Å². The monoisotopic (exact) mass is 374 g/mol. The second kappa shape index (κ2) is 7.68. The van der Waals surface area contributed by atoms with E-state index in [1.165, 1.54) is 0 Å². The zero-order chi connectivity index (χ0) is 19.5. The highest BCUT2D eigenvalue weighted by molar-refractivity contribution is 6.03. The third kappa shape index (κ3) is 3.67. The molecular formula is C22H22N4O2. The number of methoxy groups -OCH3 is 1. The van der Waals surface area contributed by atoms with Gasteiger partial charge in [-0.2, -0.15) is 4.98 Å². The number of rotatable bonds is 5. The molecule has 0 unspecified atom stereocenters. The molecule has 0 atom stereocenters. The van der Waals surface area contributed by atoms with E-state index < -0.39 is 0 Å². The van der Waals surface area contributed by atoms with E-state index in [1.807, 2.05) is 55.5 Å². The van der Waals surface area contributed by atoms with Crippen molar-refractivity contribution in [2.45, 2.75) is 26.2 Å². The van der Waals surface area contributed by atoms with Gasteiger partial charge < -0.3 is 15.4 Å².